The van der Waals surface area contributed by atoms with E-state index in [1.54, 1.807) is 0 Å². The van der Waals surface area contributed by atoms with Crippen LogP contribution in [0.2, 0.25) is 0 Å². The number of likely N-dealkylation sites (tertiary alicyclic amines) is 1. The Morgan fingerprint density at radius 1 is 1.48 bits per heavy atom. The molecule has 1 amide bonds. The van der Waals surface area contributed by atoms with Crippen molar-refractivity contribution in [1.29, 1.82) is 0 Å². The number of nitrogens with one attached hydrogen (secondary N) is 1. The summed E-state index contributed by atoms with van der Waals surface area (Å²) in [5.74, 6) is -0.207. The van der Waals surface area contributed by atoms with Gasteiger partial charge in [0.25, 0.3) is 5.91 Å². The molecule has 1 aromatic rings. The molecule has 0 saturated carbocycles. The highest BCUT2D eigenvalue weighted by molar-refractivity contribution is 7.19. The number of hydrogen-bond donors (Lipinski definition) is 3. The minimum atomic E-state index is -0.597. The number of nitrogen functional groups attached to an aromatic ring is 1. The fraction of sp³-hybridized carbons (Fsp3) is 0.571. The van der Waals surface area contributed by atoms with Gasteiger partial charge in [-0.1, -0.05) is 6.92 Å². The van der Waals surface area contributed by atoms with Gasteiger partial charge in [-0.3, -0.25) is 9.59 Å². The lowest BCUT2D eigenvalue weighted by atomic mass is 10.1. The van der Waals surface area contributed by atoms with E-state index in [4.69, 9.17) is 11.5 Å². The lowest BCUT2D eigenvalue weighted by Crippen LogP contribution is -2.23. The van der Waals surface area contributed by atoms with E-state index in [2.05, 4.69) is 17.1 Å². The van der Waals surface area contributed by atoms with Crippen molar-refractivity contribution in [3.8, 4) is 0 Å². The molecule has 2 rings (SSSR count). The quantitative estimate of drug-likeness (QED) is 0.689. The van der Waals surface area contributed by atoms with Crippen LogP contribution in [0.5, 0.6) is 0 Å². The van der Waals surface area contributed by atoms with Crippen molar-refractivity contribution in [1.82, 2.24) is 4.90 Å². The number of hydrogen-bond acceptors (Lipinski definition) is 6. The van der Waals surface area contributed by atoms with Crippen LogP contribution in [0.15, 0.2) is 0 Å². The molecule has 21 heavy (non-hydrogen) atoms. The largest absolute Gasteiger partial charge is 0.397 e. The number of nitrogens with zero attached hydrogens (tertiary/aromatic N) is 1. The summed E-state index contributed by atoms with van der Waals surface area (Å²) in [4.78, 5) is 25.9. The van der Waals surface area contributed by atoms with E-state index in [0.717, 1.165) is 32.6 Å². The lowest BCUT2D eigenvalue weighted by molar-refractivity contribution is 0.100. The van der Waals surface area contributed by atoms with Gasteiger partial charge >= 0.3 is 0 Å². The van der Waals surface area contributed by atoms with E-state index in [9.17, 15) is 9.59 Å². The van der Waals surface area contributed by atoms with Crippen LogP contribution in [0.1, 0.15) is 40.3 Å². The van der Waals surface area contributed by atoms with Crippen molar-refractivity contribution in [3.63, 3.8) is 0 Å². The Morgan fingerprint density at radius 2 is 2.19 bits per heavy atom. The van der Waals surface area contributed by atoms with Gasteiger partial charge in [-0.15, -0.1) is 11.3 Å². The first kappa shape index (κ1) is 15.8. The topological polar surface area (TPSA) is 101 Å². The second kappa shape index (κ2) is 6.44. The monoisotopic (exact) mass is 310 g/mol. The van der Waals surface area contributed by atoms with Crippen molar-refractivity contribution < 1.29 is 9.59 Å². The molecule has 116 valence electrons. The molecule has 2 heterocycles. The molecule has 0 spiro atoms. The summed E-state index contributed by atoms with van der Waals surface area (Å²) in [6, 6.07) is 0. The summed E-state index contributed by atoms with van der Waals surface area (Å²) in [7, 11) is 0. The van der Waals surface area contributed by atoms with Crippen LogP contribution in [-0.2, 0) is 0 Å². The van der Waals surface area contributed by atoms with Gasteiger partial charge in [-0.2, -0.15) is 0 Å². The van der Waals surface area contributed by atoms with Gasteiger partial charge in [-0.25, -0.2) is 0 Å². The maximum absolute atomic E-state index is 11.6. The molecule has 0 radical (unpaired) electrons. The maximum Gasteiger partial charge on any atom is 0.253 e. The lowest BCUT2D eigenvalue weighted by Gasteiger charge is -2.14. The smallest absolute Gasteiger partial charge is 0.253 e. The SMILES string of the molecule is CCN1CCC(CNc2sc(C(C)=O)c(N)c2C(N)=O)C1. The molecular weight excluding hydrogens is 288 g/mol. The van der Waals surface area contributed by atoms with E-state index in [-0.39, 0.29) is 17.0 Å². The molecular formula is C14H22N4O2S. The molecule has 1 aliphatic rings. The predicted molar refractivity (Wildman–Crippen MR) is 86.0 cm³/mol. The van der Waals surface area contributed by atoms with Crippen molar-refractivity contribution in [2.75, 3.05) is 37.2 Å². The van der Waals surface area contributed by atoms with Crippen LogP contribution in [0, 0.1) is 5.92 Å². The van der Waals surface area contributed by atoms with Crippen LogP contribution >= 0.6 is 11.3 Å². The first-order chi connectivity index (χ1) is 9.93. The van der Waals surface area contributed by atoms with Gasteiger partial charge in [0.05, 0.1) is 16.1 Å². The minimum absolute atomic E-state index is 0.147. The molecule has 1 unspecified atom stereocenters. The summed E-state index contributed by atoms with van der Waals surface area (Å²) in [5, 5.41) is 3.87. The number of thiophene rings is 1. The third-order valence-electron chi connectivity index (χ3n) is 3.88. The van der Waals surface area contributed by atoms with Crippen LogP contribution in [0.3, 0.4) is 0 Å². The van der Waals surface area contributed by atoms with Gasteiger partial charge in [0.15, 0.2) is 5.78 Å². The fourth-order valence-electron chi connectivity index (χ4n) is 2.68. The molecule has 0 bridgehead atoms. The summed E-state index contributed by atoms with van der Waals surface area (Å²) >= 11 is 1.21. The van der Waals surface area contributed by atoms with Crippen molar-refractivity contribution in [2.24, 2.45) is 11.7 Å². The van der Waals surface area contributed by atoms with Crippen LogP contribution < -0.4 is 16.8 Å². The van der Waals surface area contributed by atoms with Crippen molar-refractivity contribution in [3.05, 3.63) is 10.4 Å². The second-order valence-corrected chi connectivity index (χ2v) is 6.42. The number of primary amides is 1. The Balaban J connectivity index is 2.11. The first-order valence-electron chi connectivity index (χ1n) is 7.13. The molecule has 1 atom stereocenters. The Bertz CT molecular complexity index is 555. The standard InChI is InChI=1S/C14H22N4O2S/c1-3-18-5-4-9(7-18)6-17-14-10(13(16)20)11(15)12(21-14)8(2)19/h9,17H,3-7,15H2,1-2H3,(H2,16,20). The summed E-state index contributed by atoms with van der Waals surface area (Å²) in [6.07, 6.45) is 1.13. The van der Waals surface area contributed by atoms with Crippen LogP contribution in [0.4, 0.5) is 10.7 Å². The van der Waals surface area contributed by atoms with E-state index in [0.29, 0.717) is 15.8 Å². The average Bonchev–Trinajstić information content (AvgIpc) is 3.00. The third kappa shape index (κ3) is 3.36. The molecule has 0 aliphatic carbocycles. The van der Waals surface area contributed by atoms with Gasteiger partial charge in [0, 0.05) is 20.0 Å². The van der Waals surface area contributed by atoms with E-state index < -0.39 is 5.91 Å². The summed E-state index contributed by atoms with van der Waals surface area (Å²) in [5.41, 5.74) is 11.7. The van der Waals surface area contributed by atoms with E-state index in [1.165, 1.54) is 18.3 Å². The van der Waals surface area contributed by atoms with Crippen LogP contribution in [-0.4, -0.2) is 42.8 Å². The summed E-state index contributed by atoms with van der Waals surface area (Å²) in [6.45, 7) is 7.57. The predicted octanol–water partition coefficient (Wildman–Crippen LogP) is 1.39. The molecule has 6 nitrogen and oxygen atoms in total. The Kier molecular flexibility index (Phi) is 4.84. The number of Topliss-reactive ketones (excluding diaryl/α,β-unsaturated/α-hetero) is 1. The Hall–Kier alpha value is -1.60. The minimum Gasteiger partial charge on any atom is -0.397 e. The Morgan fingerprint density at radius 3 is 2.71 bits per heavy atom. The molecule has 5 N–H and O–H groups in total. The molecule has 7 heteroatoms. The summed E-state index contributed by atoms with van der Waals surface area (Å²) < 4.78 is 0. The zero-order valence-corrected chi connectivity index (χ0v) is 13.3. The maximum atomic E-state index is 11.6. The van der Waals surface area contributed by atoms with Gasteiger partial charge in [0.1, 0.15) is 5.00 Å². The van der Waals surface area contributed by atoms with E-state index >= 15 is 0 Å². The average molecular weight is 310 g/mol. The number of carbonyl (C=O) groups is 2. The molecule has 1 saturated heterocycles. The zero-order chi connectivity index (χ0) is 15.6. The van der Waals surface area contributed by atoms with Crippen molar-refractivity contribution >= 4 is 33.7 Å². The Labute approximate surface area is 128 Å². The van der Waals surface area contributed by atoms with Gasteiger partial charge < -0.3 is 21.7 Å². The number of ketones is 1. The first-order valence-corrected chi connectivity index (χ1v) is 7.94. The molecule has 0 aromatic carbocycles. The zero-order valence-electron chi connectivity index (χ0n) is 12.4. The molecule has 1 fully saturated rings. The number of rotatable bonds is 6. The van der Waals surface area contributed by atoms with Crippen molar-refractivity contribution in [2.45, 2.75) is 20.3 Å². The van der Waals surface area contributed by atoms with Gasteiger partial charge in [-0.05, 0) is 25.4 Å². The second-order valence-electron chi connectivity index (χ2n) is 5.40. The highest BCUT2D eigenvalue weighted by Crippen LogP contribution is 2.36. The number of carbonyl (C=O) groups excluding carboxylic acids is 2. The fourth-order valence-corrected chi connectivity index (χ4v) is 3.71. The highest BCUT2D eigenvalue weighted by Gasteiger charge is 2.25. The van der Waals surface area contributed by atoms with Gasteiger partial charge in [0.2, 0.25) is 0 Å². The molecule has 1 aromatic heterocycles. The van der Waals surface area contributed by atoms with E-state index in [1.807, 2.05) is 0 Å². The third-order valence-corrected chi connectivity index (χ3v) is 5.14. The molecule has 1 aliphatic heterocycles. The normalized spacial score (nSPS) is 18.9. The highest BCUT2D eigenvalue weighted by atomic mass is 32.1. The number of amides is 1. The number of anilines is 2. The number of nitrogens with two attached hydrogens (primary N) is 2. The van der Waals surface area contributed by atoms with Crippen LogP contribution in [0.25, 0.3) is 0 Å².